The van der Waals surface area contributed by atoms with E-state index in [1.807, 2.05) is 36.5 Å². The first-order valence-electron chi connectivity index (χ1n) is 17.1. The Hall–Kier alpha value is -5.32. The molecule has 0 unspecified atom stereocenters. The molecule has 0 bridgehead atoms. The molecule has 2 aromatic carbocycles. The number of carbonyl (C=O) groups excluding carboxylic acids is 1. The van der Waals surface area contributed by atoms with Crippen LogP contribution >= 0.6 is 45.3 Å². The summed E-state index contributed by atoms with van der Waals surface area (Å²) < 4.78 is 0. The Balaban J connectivity index is 1.24. The van der Waals surface area contributed by atoms with Gasteiger partial charge in [0.2, 0.25) is 0 Å². The fraction of sp³-hybridized carbons (Fsp3) is 0.190. The lowest BCUT2D eigenvalue weighted by molar-refractivity contribution is -0.147. The lowest BCUT2D eigenvalue weighted by Crippen LogP contribution is -2.39. The third kappa shape index (κ3) is 8.25. The first-order chi connectivity index (χ1) is 25.9. The Labute approximate surface area is 330 Å². The minimum absolute atomic E-state index is 0.324. The van der Waals surface area contributed by atoms with Gasteiger partial charge in [-0.3, -0.25) is 14.4 Å². The second kappa shape index (κ2) is 16.4. The Bertz CT molecular complexity index is 2410. The molecule has 0 spiro atoms. The summed E-state index contributed by atoms with van der Waals surface area (Å²) in [6.07, 6.45) is 1.42. The number of nitriles is 1. The minimum atomic E-state index is -1.37. The summed E-state index contributed by atoms with van der Waals surface area (Å²) in [4.78, 5) is 47.3. The average molecular weight is 792 g/mol. The van der Waals surface area contributed by atoms with E-state index in [0.29, 0.717) is 9.78 Å². The number of anilines is 2. The van der Waals surface area contributed by atoms with Crippen molar-refractivity contribution in [2.45, 2.75) is 34.6 Å². The van der Waals surface area contributed by atoms with Crippen LogP contribution in [0.5, 0.6) is 0 Å². The van der Waals surface area contributed by atoms with Crippen molar-refractivity contribution >= 4 is 80.6 Å². The van der Waals surface area contributed by atoms with Gasteiger partial charge in [0.15, 0.2) is 0 Å². The van der Waals surface area contributed by atoms with Gasteiger partial charge in [-0.2, -0.15) is 5.26 Å². The predicted molar refractivity (Wildman–Crippen MR) is 223 cm³/mol. The van der Waals surface area contributed by atoms with Crippen LogP contribution in [-0.2, 0) is 14.4 Å². The summed E-state index contributed by atoms with van der Waals surface area (Å²) in [7, 11) is 0. The number of thiophene rings is 4. The first-order valence-corrected chi connectivity index (χ1v) is 20.3. The molecule has 12 heteroatoms. The van der Waals surface area contributed by atoms with Crippen LogP contribution in [0.1, 0.15) is 34.1 Å². The summed E-state index contributed by atoms with van der Waals surface area (Å²) in [6.45, 7) is 9.67. The van der Waals surface area contributed by atoms with Crippen LogP contribution in [0.2, 0.25) is 0 Å². The molecular formula is C42H37N3O5S4. The van der Waals surface area contributed by atoms with E-state index in [9.17, 15) is 29.9 Å². The number of aryl methyl sites for hydroxylation is 4. The van der Waals surface area contributed by atoms with Crippen molar-refractivity contribution in [2.24, 2.45) is 0 Å². The summed E-state index contributed by atoms with van der Waals surface area (Å²) >= 11 is 6.73. The van der Waals surface area contributed by atoms with Gasteiger partial charge in [-0.25, -0.2) is 0 Å². The third-order valence-corrected chi connectivity index (χ3v) is 14.3. The third-order valence-electron chi connectivity index (χ3n) is 8.79. The average Bonchev–Trinajstić information content (AvgIpc) is 3.92. The molecule has 6 aromatic rings. The largest absolute Gasteiger partial charge is 0.480 e. The predicted octanol–water partition coefficient (Wildman–Crippen LogP) is 10.9. The van der Waals surface area contributed by atoms with Gasteiger partial charge in [0.25, 0.3) is 5.91 Å². The van der Waals surface area contributed by atoms with Crippen LogP contribution in [0.15, 0.2) is 84.4 Å². The maximum absolute atomic E-state index is 13.0. The van der Waals surface area contributed by atoms with Crippen molar-refractivity contribution in [3.8, 4) is 45.8 Å². The van der Waals surface area contributed by atoms with Crippen LogP contribution in [0, 0.1) is 39.0 Å². The zero-order valence-corrected chi connectivity index (χ0v) is 33.6. The highest BCUT2D eigenvalue weighted by Crippen LogP contribution is 2.48. The highest BCUT2D eigenvalue weighted by Gasteiger charge is 2.24. The van der Waals surface area contributed by atoms with Gasteiger partial charge in [0, 0.05) is 56.9 Å². The number of carboxylic acid groups (broad SMARTS) is 2. The van der Waals surface area contributed by atoms with Gasteiger partial charge in [-0.15, -0.1) is 45.3 Å². The number of para-hydroxylation sites is 1. The van der Waals surface area contributed by atoms with E-state index >= 15 is 0 Å². The van der Waals surface area contributed by atoms with Crippen molar-refractivity contribution in [1.82, 2.24) is 4.90 Å². The van der Waals surface area contributed by atoms with Crippen LogP contribution in [0.4, 0.5) is 11.4 Å². The standard InChI is InChI=1S/C42H37N3O5S4/c1-6-45(30-10-8-7-9-11-30)31-14-12-28(13-15-31)33-17-25(3)40(52-33)35-19-27(5)41(54-35)36-18-26(4)39(53-36)34-16-24(2)32(51-34)20-29(21-43)42(50)44(22-37(46)47)23-38(48)49/h7-20H,6,22-23H2,1-5H3,(H,46,47)(H,48,49)/b29-20+. The number of rotatable bonds is 13. The van der Waals surface area contributed by atoms with Crippen LogP contribution < -0.4 is 4.90 Å². The Morgan fingerprint density at radius 3 is 1.63 bits per heavy atom. The number of carbonyl (C=O) groups is 3. The number of carboxylic acids is 2. The number of nitrogens with zero attached hydrogens (tertiary/aromatic N) is 3. The SMILES string of the molecule is CCN(c1ccccc1)c1ccc(-c2cc(C)c(-c3cc(C)c(-c4cc(C)c(-c5cc(C)c(/C=C(\C#N)C(=O)N(CC(=O)O)CC(=O)O)s5)s4)s3)s2)cc1. The molecule has 0 aliphatic heterocycles. The lowest BCUT2D eigenvalue weighted by Gasteiger charge is -2.23. The normalized spacial score (nSPS) is 11.4. The smallest absolute Gasteiger partial charge is 0.323 e. The molecule has 4 aromatic heterocycles. The van der Waals surface area contributed by atoms with Crippen molar-refractivity contribution in [2.75, 3.05) is 24.5 Å². The molecule has 4 heterocycles. The second-order valence-corrected chi connectivity index (χ2v) is 17.0. The molecule has 54 heavy (non-hydrogen) atoms. The van der Waals surface area contributed by atoms with Crippen LogP contribution in [0.3, 0.4) is 0 Å². The van der Waals surface area contributed by atoms with E-state index < -0.39 is 30.9 Å². The van der Waals surface area contributed by atoms with Crippen molar-refractivity contribution < 1.29 is 24.6 Å². The van der Waals surface area contributed by atoms with Crippen LogP contribution in [-0.4, -0.2) is 52.6 Å². The molecule has 2 N–H and O–H groups in total. The van der Waals surface area contributed by atoms with Gasteiger partial charge in [-0.05, 0) is 117 Å². The van der Waals surface area contributed by atoms with E-state index in [0.717, 1.165) is 38.0 Å². The fourth-order valence-electron chi connectivity index (χ4n) is 6.19. The molecule has 0 aliphatic rings. The number of hydrogen-bond donors (Lipinski definition) is 2. The Kier molecular flexibility index (Phi) is 11.6. The molecule has 0 atom stereocenters. The molecular weight excluding hydrogens is 755 g/mol. The van der Waals surface area contributed by atoms with Gasteiger partial charge in [-0.1, -0.05) is 30.3 Å². The molecule has 0 saturated carbocycles. The van der Waals surface area contributed by atoms with Gasteiger partial charge >= 0.3 is 11.9 Å². The van der Waals surface area contributed by atoms with E-state index in [2.05, 4.69) is 99.3 Å². The number of aliphatic carboxylic acids is 2. The van der Waals surface area contributed by atoms with Crippen molar-refractivity contribution in [3.05, 3.63) is 112 Å². The fourth-order valence-corrected chi connectivity index (χ4v) is 11.3. The molecule has 0 aliphatic carbocycles. The zero-order chi connectivity index (χ0) is 38.7. The van der Waals surface area contributed by atoms with Crippen LogP contribution in [0.25, 0.3) is 45.8 Å². The molecule has 1 amide bonds. The maximum Gasteiger partial charge on any atom is 0.323 e. The summed E-state index contributed by atoms with van der Waals surface area (Å²) in [5.41, 5.74) is 7.61. The van der Waals surface area contributed by atoms with E-state index in [1.54, 1.807) is 22.7 Å². The molecule has 0 fully saturated rings. The Morgan fingerprint density at radius 1 is 0.667 bits per heavy atom. The molecule has 274 valence electrons. The highest BCUT2D eigenvalue weighted by molar-refractivity contribution is 7.29. The highest BCUT2D eigenvalue weighted by atomic mass is 32.1. The first kappa shape index (κ1) is 38.4. The van der Waals surface area contributed by atoms with Crippen molar-refractivity contribution in [1.29, 1.82) is 5.26 Å². The molecule has 0 saturated heterocycles. The Morgan fingerprint density at radius 2 is 1.13 bits per heavy atom. The quantitative estimate of drug-likeness (QED) is 0.0882. The minimum Gasteiger partial charge on any atom is -0.480 e. The zero-order valence-electron chi connectivity index (χ0n) is 30.3. The molecule has 6 rings (SSSR count). The number of hydrogen-bond acceptors (Lipinski definition) is 9. The second-order valence-electron chi connectivity index (χ2n) is 12.8. The van der Waals surface area contributed by atoms with E-state index in [4.69, 9.17) is 0 Å². The number of benzene rings is 2. The summed E-state index contributed by atoms with van der Waals surface area (Å²) in [5.74, 6) is -3.68. The summed E-state index contributed by atoms with van der Waals surface area (Å²) in [5, 5.41) is 28.1. The van der Waals surface area contributed by atoms with Crippen molar-refractivity contribution in [3.63, 3.8) is 0 Å². The topological polar surface area (TPSA) is 122 Å². The summed E-state index contributed by atoms with van der Waals surface area (Å²) in [6, 6.07) is 29.8. The van der Waals surface area contributed by atoms with Gasteiger partial charge < -0.3 is 20.0 Å². The lowest BCUT2D eigenvalue weighted by atomic mass is 10.1. The van der Waals surface area contributed by atoms with E-state index in [1.165, 1.54) is 59.3 Å². The van der Waals surface area contributed by atoms with Gasteiger partial charge in [0.05, 0.1) is 0 Å². The maximum atomic E-state index is 13.0. The number of amides is 1. The molecule has 8 nitrogen and oxygen atoms in total. The monoisotopic (exact) mass is 791 g/mol. The molecule has 0 radical (unpaired) electrons. The van der Waals surface area contributed by atoms with Gasteiger partial charge in [0.1, 0.15) is 24.7 Å². The van der Waals surface area contributed by atoms with E-state index in [-0.39, 0.29) is 5.57 Å².